The van der Waals surface area contributed by atoms with E-state index in [4.69, 9.17) is 10.5 Å². The quantitative estimate of drug-likeness (QED) is 0.852. The highest BCUT2D eigenvalue weighted by molar-refractivity contribution is 5.86. The molecule has 1 saturated heterocycles. The van der Waals surface area contributed by atoms with E-state index in [0.29, 0.717) is 0 Å². The van der Waals surface area contributed by atoms with Crippen LogP contribution in [0.25, 0.3) is 10.8 Å². The molecule has 1 aliphatic rings. The van der Waals surface area contributed by atoms with Gasteiger partial charge in [-0.1, -0.05) is 24.3 Å². The van der Waals surface area contributed by atoms with Crippen LogP contribution in [0.1, 0.15) is 19.4 Å². The molecule has 1 fully saturated rings. The van der Waals surface area contributed by atoms with Crippen LogP contribution in [0.5, 0.6) is 0 Å². The van der Waals surface area contributed by atoms with E-state index < -0.39 is 0 Å². The number of hydrogen-bond acceptors (Lipinski definition) is 3. The molecule has 3 rings (SSSR count). The van der Waals surface area contributed by atoms with Gasteiger partial charge >= 0.3 is 0 Å². The number of nitrogens with zero attached hydrogens (tertiary/aromatic N) is 1. The highest BCUT2D eigenvalue weighted by atomic mass is 16.5. The fraction of sp³-hybridized carbons (Fsp3) is 0.412. The Labute approximate surface area is 120 Å². The molecule has 0 amide bonds. The Morgan fingerprint density at radius 2 is 1.90 bits per heavy atom. The summed E-state index contributed by atoms with van der Waals surface area (Å²) in [5, 5.41) is 2.46. The summed E-state index contributed by atoms with van der Waals surface area (Å²) in [4.78, 5) is 2.42. The van der Waals surface area contributed by atoms with Crippen LogP contribution in [0.4, 0.5) is 5.69 Å². The van der Waals surface area contributed by atoms with Crippen LogP contribution in [0.15, 0.2) is 36.4 Å². The van der Waals surface area contributed by atoms with Gasteiger partial charge in [-0.15, -0.1) is 0 Å². The minimum absolute atomic E-state index is 0.0656. The van der Waals surface area contributed by atoms with Crippen molar-refractivity contribution in [2.45, 2.75) is 26.0 Å². The first-order valence-corrected chi connectivity index (χ1v) is 7.17. The van der Waals surface area contributed by atoms with Crippen molar-refractivity contribution < 1.29 is 4.74 Å². The highest BCUT2D eigenvalue weighted by Crippen LogP contribution is 2.25. The molecule has 1 heterocycles. The molecule has 106 valence electrons. The van der Waals surface area contributed by atoms with Gasteiger partial charge in [-0.25, -0.2) is 0 Å². The number of fused-ring (bicyclic) bond motifs is 1. The number of nitrogens with two attached hydrogens (primary N) is 1. The maximum absolute atomic E-state index is 6.21. The zero-order chi connectivity index (χ0) is 14.2. The number of anilines is 1. The minimum atomic E-state index is -0.0656. The van der Waals surface area contributed by atoms with Crippen LogP contribution in [0.2, 0.25) is 0 Å². The Bertz CT molecular complexity index is 621. The zero-order valence-corrected chi connectivity index (χ0v) is 12.2. The van der Waals surface area contributed by atoms with Crippen molar-refractivity contribution in [3.8, 4) is 0 Å². The number of ether oxygens (including phenoxy) is 1. The highest BCUT2D eigenvalue weighted by Gasteiger charge is 2.27. The Kier molecular flexibility index (Phi) is 3.40. The topological polar surface area (TPSA) is 38.5 Å². The van der Waals surface area contributed by atoms with Crippen LogP contribution in [-0.4, -0.2) is 30.2 Å². The van der Waals surface area contributed by atoms with Gasteiger partial charge in [0.25, 0.3) is 0 Å². The Hall–Kier alpha value is -1.58. The lowest BCUT2D eigenvalue weighted by atomic mass is 10.0. The second kappa shape index (κ2) is 5.08. The molecule has 0 saturated carbocycles. The maximum atomic E-state index is 6.21. The summed E-state index contributed by atoms with van der Waals surface area (Å²) >= 11 is 0. The molecule has 2 N–H and O–H groups in total. The van der Waals surface area contributed by atoms with Crippen molar-refractivity contribution in [2.75, 3.05) is 25.4 Å². The lowest BCUT2D eigenvalue weighted by Gasteiger charge is -2.38. The first-order chi connectivity index (χ1) is 9.53. The maximum Gasteiger partial charge on any atom is 0.0753 e. The third-order valence-electron chi connectivity index (χ3n) is 3.91. The van der Waals surface area contributed by atoms with Crippen molar-refractivity contribution in [1.82, 2.24) is 4.90 Å². The van der Waals surface area contributed by atoms with Crippen LogP contribution in [0, 0.1) is 0 Å². The number of nitrogen functional groups attached to an aromatic ring is 1. The molecule has 20 heavy (non-hydrogen) atoms. The largest absolute Gasteiger partial charge is 0.398 e. The summed E-state index contributed by atoms with van der Waals surface area (Å²) in [6.07, 6.45) is 0. The first-order valence-electron chi connectivity index (χ1n) is 7.17. The van der Waals surface area contributed by atoms with Gasteiger partial charge in [0.1, 0.15) is 0 Å². The Morgan fingerprint density at radius 1 is 1.20 bits per heavy atom. The summed E-state index contributed by atoms with van der Waals surface area (Å²) in [5.74, 6) is 0. The molecule has 0 atom stereocenters. The molecular formula is C17H22N2O. The van der Waals surface area contributed by atoms with Crippen molar-refractivity contribution in [1.29, 1.82) is 0 Å². The third kappa shape index (κ3) is 2.79. The van der Waals surface area contributed by atoms with E-state index in [1.165, 1.54) is 16.3 Å². The van der Waals surface area contributed by atoms with Gasteiger partial charge < -0.3 is 10.5 Å². The van der Waals surface area contributed by atoms with Crippen LogP contribution >= 0.6 is 0 Å². The fourth-order valence-corrected chi connectivity index (χ4v) is 2.93. The average Bonchev–Trinajstić information content (AvgIpc) is 2.38. The molecule has 0 spiro atoms. The van der Waals surface area contributed by atoms with Crippen molar-refractivity contribution in [3.63, 3.8) is 0 Å². The number of benzene rings is 2. The van der Waals surface area contributed by atoms with Crippen molar-refractivity contribution >= 4 is 16.5 Å². The predicted molar refractivity (Wildman–Crippen MR) is 83.7 cm³/mol. The van der Waals surface area contributed by atoms with E-state index in [1.54, 1.807) is 0 Å². The monoisotopic (exact) mass is 270 g/mol. The lowest BCUT2D eigenvalue weighted by Crippen LogP contribution is -2.47. The molecule has 0 aliphatic carbocycles. The van der Waals surface area contributed by atoms with E-state index in [9.17, 15) is 0 Å². The van der Waals surface area contributed by atoms with Gasteiger partial charge in [0.15, 0.2) is 0 Å². The molecule has 1 aliphatic heterocycles. The van der Waals surface area contributed by atoms with Gasteiger partial charge in [-0.3, -0.25) is 4.90 Å². The normalized spacial score (nSPS) is 19.3. The molecule has 3 heteroatoms. The van der Waals surface area contributed by atoms with E-state index in [2.05, 4.69) is 49.1 Å². The van der Waals surface area contributed by atoms with Crippen LogP contribution < -0.4 is 5.73 Å². The van der Waals surface area contributed by atoms with E-state index in [1.807, 2.05) is 6.07 Å². The predicted octanol–water partition coefficient (Wildman–Crippen LogP) is 3.03. The lowest BCUT2D eigenvalue weighted by molar-refractivity contribution is -0.0882. The molecule has 0 bridgehead atoms. The summed E-state index contributed by atoms with van der Waals surface area (Å²) in [6, 6.07) is 12.7. The van der Waals surface area contributed by atoms with Gasteiger partial charge in [-0.2, -0.15) is 0 Å². The van der Waals surface area contributed by atoms with Gasteiger partial charge in [-0.05, 0) is 42.3 Å². The Morgan fingerprint density at radius 3 is 2.60 bits per heavy atom. The van der Waals surface area contributed by atoms with Crippen molar-refractivity contribution in [3.05, 3.63) is 42.0 Å². The fourth-order valence-electron chi connectivity index (χ4n) is 2.93. The zero-order valence-electron chi connectivity index (χ0n) is 12.2. The average molecular weight is 270 g/mol. The van der Waals surface area contributed by atoms with E-state index in [0.717, 1.165) is 31.9 Å². The molecule has 2 aromatic rings. The van der Waals surface area contributed by atoms with Gasteiger partial charge in [0, 0.05) is 25.3 Å². The number of morpholine rings is 1. The van der Waals surface area contributed by atoms with E-state index in [-0.39, 0.29) is 5.60 Å². The van der Waals surface area contributed by atoms with Crippen molar-refractivity contribution in [2.24, 2.45) is 0 Å². The summed E-state index contributed by atoms with van der Waals surface area (Å²) in [5.41, 5.74) is 8.24. The molecule has 0 aromatic heterocycles. The number of hydrogen-bond donors (Lipinski definition) is 1. The smallest absolute Gasteiger partial charge is 0.0753 e. The minimum Gasteiger partial charge on any atom is -0.398 e. The summed E-state index contributed by atoms with van der Waals surface area (Å²) in [7, 11) is 0. The second-order valence-electron chi connectivity index (χ2n) is 6.22. The number of rotatable bonds is 2. The van der Waals surface area contributed by atoms with Gasteiger partial charge in [0.05, 0.1) is 12.2 Å². The van der Waals surface area contributed by atoms with Crippen LogP contribution in [-0.2, 0) is 11.3 Å². The van der Waals surface area contributed by atoms with E-state index >= 15 is 0 Å². The first kappa shape index (κ1) is 13.4. The summed E-state index contributed by atoms with van der Waals surface area (Å²) < 4.78 is 5.76. The molecule has 2 aromatic carbocycles. The second-order valence-corrected chi connectivity index (χ2v) is 6.22. The SMILES string of the molecule is CC1(C)CN(Cc2cc3ccccc3cc2N)CCO1. The van der Waals surface area contributed by atoms with Gasteiger partial charge in [0.2, 0.25) is 0 Å². The molecule has 0 radical (unpaired) electrons. The molecule has 3 nitrogen and oxygen atoms in total. The third-order valence-corrected chi connectivity index (χ3v) is 3.91. The molecular weight excluding hydrogens is 248 g/mol. The van der Waals surface area contributed by atoms with Crippen LogP contribution in [0.3, 0.4) is 0 Å². The molecule has 0 unspecified atom stereocenters. The standard InChI is InChI=1S/C17H22N2O/c1-17(2)12-19(7-8-20-17)11-15-9-13-5-3-4-6-14(13)10-16(15)18/h3-6,9-10H,7-8,11-12,18H2,1-2H3. The summed E-state index contributed by atoms with van der Waals surface area (Å²) in [6.45, 7) is 7.88. The Balaban J connectivity index is 1.85.